The van der Waals surface area contributed by atoms with Crippen molar-refractivity contribution in [1.29, 1.82) is 0 Å². The van der Waals surface area contributed by atoms with Gasteiger partial charge < -0.3 is 25.0 Å². The minimum Gasteiger partial charge on any atom is -0.395 e. The molecule has 3 rings (SSSR count). The zero-order valence-electron chi connectivity index (χ0n) is 15.3. The second-order valence-corrected chi connectivity index (χ2v) is 7.08. The lowest BCUT2D eigenvalue weighted by molar-refractivity contribution is -0.142. The Labute approximate surface area is 161 Å². The lowest BCUT2D eigenvalue weighted by atomic mass is 10.1. The summed E-state index contributed by atoms with van der Waals surface area (Å²) in [4.78, 5) is 31.1. The summed E-state index contributed by atoms with van der Waals surface area (Å²) in [6.45, 7) is 6.54. The van der Waals surface area contributed by atoms with Crippen LogP contribution in [0.1, 0.15) is 19.3 Å². The third-order valence-electron chi connectivity index (χ3n) is 5.35. The van der Waals surface area contributed by atoms with Crippen molar-refractivity contribution in [2.75, 3.05) is 65.6 Å². The van der Waals surface area contributed by atoms with Crippen LogP contribution in [0.25, 0.3) is 0 Å². The molecule has 3 aliphatic heterocycles. The highest BCUT2D eigenvalue weighted by Crippen LogP contribution is 2.16. The van der Waals surface area contributed by atoms with Gasteiger partial charge in [0.2, 0.25) is 11.8 Å². The number of ether oxygens (including phenoxy) is 1. The number of hydrogen-bond acceptors (Lipinski definition) is 6. The van der Waals surface area contributed by atoms with Crippen LogP contribution in [0.4, 0.5) is 0 Å². The Morgan fingerprint density at radius 2 is 2.00 bits per heavy atom. The van der Waals surface area contributed by atoms with E-state index in [2.05, 4.69) is 10.2 Å². The Morgan fingerprint density at radius 3 is 2.65 bits per heavy atom. The van der Waals surface area contributed by atoms with E-state index in [1.165, 1.54) is 0 Å². The largest absolute Gasteiger partial charge is 0.395 e. The third-order valence-corrected chi connectivity index (χ3v) is 5.35. The summed E-state index contributed by atoms with van der Waals surface area (Å²) in [7, 11) is 0. The maximum Gasteiger partial charge on any atom is 0.240 e. The number of amides is 2. The van der Waals surface area contributed by atoms with Crippen LogP contribution in [0, 0.1) is 0 Å². The van der Waals surface area contributed by atoms with E-state index in [1.807, 2.05) is 9.80 Å². The number of rotatable bonds is 6. The zero-order chi connectivity index (χ0) is 17.6. The van der Waals surface area contributed by atoms with Gasteiger partial charge in [-0.1, -0.05) is 0 Å². The smallest absolute Gasteiger partial charge is 0.240 e. The van der Waals surface area contributed by atoms with E-state index >= 15 is 0 Å². The molecule has 26 heavy (non-hydrogen) atoms. The molecule has 2 amide bonds. The second-order valence-electron chi connectivity index (χ2n) is 7.08. The van der Waals surface area contributed by atoms with E-state index in [0.717, 1.165) is 39.1 Å². The molecule has 0 saturated carbocycles. The molecule has 0 radical (unpaired) electrons. The molecule has 3 aliphatic rings. The normalized spacial score (nSPS) is 27.5. The van der Waals surface area contributed by atoms with Gasteiger partial charge in [0.15, 0.2) is 0 Å². The third kappa shape index (κ3) is 5.53. The van der Waals surface area contributed by atoms with E-state index < -0.39 is 6.04 Å². The van der Waals surface area contributed by atoms with Gasteiger partial charge in [-0.25, -0.2) is 0 Å². The fourth-order valence-corrected chi connectivity index (χ4v) is 3.83. The molecule has 2 atom stereocenters. The molecule has 3 fully saturated rings. The molecule has 3 heterocycles. The van der Waals surface area contributed by atoms with Gasteiger partial charge in [0.1, 0.15) is 0 Å². The van der Waals surface area contributed by atoms with Crippen molar-refractivity contribution in [2.45, 2.75) is 31.4 Å². The summed E-state index contributed by atoms with van der Waals surface area (Å²) in [5.74, 6) is 0.0579. The number of nitrogens with one attached hydrogen (secondary N) is 1. The standard InChI is InChI=1S/C17H30N4O4.ClH/c22-10-9-19-5-7-20(8-6-19)16(23)12-15-17(24)21(4-3-18-15)13-14-2-1-11-25-14;/h14-15,18,22H,1-13H2;1H. The monoisotopic (exact) mass is 390 g/mol. The van der Waals surface area contributed by atoms with Gasteiger partial charge in [0.25, 0.3) is 0 Å². The quantitative estimate of drug-likeness (QED) is 0.599. The molecule has 2 N–H and O–H groups in total. The van der Waals surface area contributed by atoms with Gasteiger partial charge in [0.05, 0.1) is 25.2 Å². The van der Waals surface area contributed by atoms with Crippen molar-refractivity contribution in [3.63, 3.8) is 0 Å². The Morgan fingerprint density at radius 1 is 1.23 bits per heavy atom. The number of halogens is 1. The summed E-state index contributed by atoms with van der Waals surface area (Å²) < 4.78 is 5.63. The lowest BCUT2D eigenvalue weighted by Crippen LogP contribution is -2.58. The lowest BCUT2D eigenvalue weighted by Gasteiger charge is -2.37. The molecule has 0 bridgehead atoms. The zero-order valence-corrected chi connectivity index (χ0v) is 16.1. The van der Waals surface area contributed by atoms with Crippen LogP contribution in [0.5, 0.6) is 0 Å². The van der Waals surface area contributed by atoms with Gasteiger partial charge >= 0.3 is 0 Å². The topological polar surface area (TPSA) is 85.4 Å². The molecule has 0 aromatic carbocycles. The molecule has 0 spiro atoms. The Bertz CT molecular complexity index is 468. The first-order valence-electron chi connectivity index (χ1n) is 9.42. The summed E-state index contributed by atoms with van der Waals surface area (Å²) in [5, 5.41) is 12.2. The molecular formula is C17H31ClN4O4. The summed E-state index contributed by atoms with van der Waals surface area (Å²) in [6, 6.07) is -0.418. The SMILES string of the molecule is Cl.O=C(CC1NCCN(CC2CCCO2)C1=O)N1CCN(CCO)CC1. The van der Waals surface area contributed by atoms with Crippen LogP contribution < -0.4 is 5.32 Å². The first-order valence-corrected chi connectivity index (χ1v) is 9.42. The highest BCUT2D eigenvalue weighted by atomic mass is 35.5. The van der Waals surface area contributed by atoms with Gasteiger partial charge in [-0.3, -0.25) is 14.5 Å². The number of carbonyl (C=O) groups excluding carboxylic acids is 2. The highest BCUT2D eigenvalue weighted by molar-refractivity contribution is 5.89. The first-order chi connectivity index (χ1) is 12.2. The van der Waals surface area contributed by atoms with Crippen molar-refractivity contribution in [3.05, 3.63) is 0 Å². The van der Waals surface area contributed by atoms with Gasteiger partial charge in [-0.2, -0.15) is 0 Å². The molecular weight excluding hydrogens is 360 g/mol. The van der Waals surface area contributed by atoms with E-state index in [0.29, 0.717) is 32.7 Å². The predicted octanol–water partition coefficient (Wildman–Crippen LogP) is -1.09. The molecule has 2 unspecified atom stereocenters. The fraction of sp³-hybridized carbons (Fsp3) is 0.882. The molecule has 0 aromatic heterocycles. The van der Waals surface area contributed by atoms with Gasteiger partial charge in [-0.15, -0.1) is 12.4 Å². The van der Waals surface area contributed by atoms with Crippen molar-refractivity contribution < 1.29 is 19.4 Å². The van der Waals surface area contributed by atoms with Crippen molar-refractivity contribution in [1.82, 2.24) is 20.0 Å². The average molecular weight is 391 g/mol. The maximum absolute atomic E-state index is 12.7. The van der Waals surface area contributed by atoms with Crippen molar-refractivity contribution >= 4 is 24.2 Å². The minimum absolute atomic E-state index is 0. The number of aliphatic hydroxyl groups excluding tert-OH is 1. The van der Waals surface area contributed by atoms with Gasteiger partial charge in [-0.05, 0) is 12.8 Å². The predicted molar refractivity (Wildman–Crippen MR) is 99.3 cm³/mol. The molecule has 0 aromatic rings. The number of carbonyl (C=O) groups is 2. The number of piperazine rings is 2. The summed E-state index contributed by atoms with van der Waals surface area (Å²) in [6.07, 6.45) is 2.45. The van der Waals surface area contributed by atoms with Crippen molar-refractivity contribution in [3.8, 4) is 0 Å². The van der Waals surface area contributed by atoms with E-state index in [-0.39, 0.29) is 43.4 Å². The number of hydrogen-bond donors (Lipinski definition) is 2. The average Bonchev–Trinajstić information content (AvgIpc) is 3.12. The second kappa shape index (κ2) is 10.4. The maximum atomic E-state index is 12.7. The molecule has 150 valence electrons. The Balaban J connectivity index is 0.00000243. The molecule has 8 nitrogen and oxygen atoms in total. The first kappa shape index (κ1) is 21.4. The van der Waals surface area contributed by atoms with E-state index in [1.54, 1.807) is 0 Å². The van der Waals surface area contributed by atoms with Crippen LogP contribution in [0.2, 0.25) is 0 Å². The van der Waals surface area contributed by atoms with Crippen LogP contribution >= 0.6 is 12.4 Å². The molecule has 9 heteroatoms. The minimum atomic E-state index is -0.418. The van der Waals surface area contributed by atoms with Crippen LogP contribution in [-0.2, 0) is 14.3 Å². The van der Waals surface area contributed by atoms with Crippen LogP contribution in [-0.4, -0.2) is 109 Å². The number of nitrogens with zero attached hydrogens (tertiary/aromatic N) is 3. The fourth-order valence-electron chi connectivity index (χ4n) is 3.83. The summed E-state index contributed by atoms with van der Waals surface area (Å²) in [5.41, 5.74) is 0. The van der Waals surface area contributed by atoms with Crippen LogP contribution in [0.15, 0.2) is 0 Å². The number of aliphatic hydroxyl groups is 1. The molecule has 0 aliphatic carbocycles. The number of β-amino-alcohol motifs (C(OH)–C–C–N with tert-alkyl or cyclic N) is 1. The van der Waals surface area contributed by atoms with Crippen molar-refractivity contribution in [2.24, 2.45) is 0 Å². The van der Waals surface area contributed by atoms with Gasteiger partial charge in [0, 0.05) is 59.0 Å². The van der Waals surface area contributed by atoms with Crippen LogP contribution in [0.3, 0.4) is 0 Å². The Kier molecular flexibility index (Phi) is 8.56. The highest BCUT2D eigenvalue weighted by Gasteiger charge is 2.33. The Hall–Kier alpha value is -0.930. The summed E-state index contributed by atoms with van der Waals surface area (Å²) >= 11 is 0. The van der Waals surface area contributed by atoms with E-state index in [9.17, 15) is 9.59 Å². The molecule has 3 saturated heterocycles. The van der Waals surface area contributed by atoms with E-state index in [4.69, 9.17) is 9.84 Å².